The van der Waals surface area contributed by atoms with E-state index in [4.69, 9.17) is 0 Å². The van der Waals surface area contributed by atoms with Gasteiger partial charge in [-0.15, -0.1) is 0 Å². The van der Waals surface area contributed by atoms with Crippen molar-refractivity contribution >= 4 is 17.4 Å². The molecule has 5 heteroatoms. The summed E-state index contributed by atoms with van der Waals surface area (Å²) in [6, 6.07) is 15.6. The molecule has 27 heavy (non-hydrogen) atoms. The van der Waals surface area contributed by atoms with E-state index < -0.39 is 17.7 Å². The predicted octanol–water partition coefficient (Wildman–Crippen LogP) is 3.22. The van der Waals surface area contributed by atoms with Gasteiger partial charge in [0.2, 0.25) is 0 Å². The monoisotopic (exact) mass is 365 g/mol. The molecule has 1 saturated heterocycles. The average molecular weight is 365 g/mol. The number of likely N-dealkylation sites (tertiary alicyclic amines) is 1. The third kappa shape index (κ3) is 3.51. The molecule has 2 aromatic rings. The van der Waals surface area contributed by atoms with E-state index in [0.717, 1.165) is 11.1 Å². The van der Waals surface area contributed by atoms with E-state index in [1.54, 1.807) is 24.3 Å². The lowest BCUT2D eigenvalue weighted by molar-refractivity contribution is -0.140. The van der Waals surface area contributed by atoms with Crippen molar-refractivity contribution in [3.8, 4) is 0 Å². The zero-order chi connectivity index (χ0) is 19.6. The molecule has 0 radical (unpaired) electrons. The van der Waals surface area contributed by atoms with Crippen molar-refractivity contribution in [3.05, 3.63) is 76.9 Å². The molecule has 5 nitrogen and oxygen atoms in total. The highest BCUT2D eigenvalue weighted by Crippen LogP contribution is 2.39. The number of amides is 1. The zero-order valence-corrected chi connectivity index (χ0v) is 15.4. The van der Waals surface area contributed by atoms with Crippen LogP contribution in [0.5, 0.6) is 0 Å². The van der Waals surface area contributed by atoms with Crippen LogP contribution in [0.15, 0.2) is 60.2 Å². The normalized spacial score (nSPS) is 19.1. The Labute approximate surface area is 158 Å². The second kappa shape index (κ2) is 7.76. The fourth-order valence-corrected chi connectivity index (χ4v) is 3.38. The van der Waals surface area contributed by atoms with Crippen LogP contribution in [0.25, 0.3) is 5.76 Å². The number of hydrogen-bond acceptors (Lipinski definition) is 4. The first-order valence-electron chi connectivity index (χ1n) is 9.00. The number of benzene rings is 2. The van der Waals surface area contributed by atoms with Gasteiger partial charge in [-0.2, -0.15) is 0 Å². The maximum absolute atomic E-state index is 12.7. The van der Waals surface area contributed by atoms with Gasteiger partial charge in [0.25, 0.3) is 11.7 Å². The fraction of sp³-hybridized carbons (Fsp3) is 0.273. The molecule has 1 aliphatic rings. The molecule has 1 fully saturated rings. The molecule has 2 aromatic carbocycles. The maximum atomic E-state index is 12.7. The van der Waals surface area contributed by atoms with E-state index in [2.05, 4.69) is 13.8 Å². The van der Waals surface area contributed by atoms with E-state index >= 15 is 0 Å². The molecular formula is C22H23NO4. The molecule has 0 aromatic heterocycles. The van der Waals surface area contributed by atoms with Gasteiger partial charge in [0.15, 0.2) is 0 Å². The Morgan fingerprint density at radius 2 is 1.67 bits per heavy atom. The van der Waals surface area contributed by atoms with Gasteiger partial charge in [-0.3, -0.25) is 9.59 Å². The molecule has 0 saturated carbocycles. The molecule has 0 bridgehead atoms. The van der Waals surface area contributed by atoms with Gasteiger partial charge in [0.05, 0.1) is 18.2 Å². The van der Waals surface area contributed by atoms with E-state index in [1.165, 1.54) is 4.90 Å². The number of carbonyl (C=O) groups is 2. The third-order valence-corrected chi connectivity index (χ3v) is 4.85. The summed E-state index contributed by atoms with van der Waals surface area (Å²) in [5.74, 6) is -1.29. The Hall–Kier alpha value is -2.92. The minimum absolute atomic E-state index is 0.0206. The van der Waals surface area contributed by atoms with Gasteiger partial charge in [-0.1, -0.05) is 68.4 Å². The van der Waals surface area contributed by atoms with Crippen LogP contribution in [-0.4, -0.2) is 40.0 Å². The molecule has 1 amide bonds. The molecule has 1 unspecified atom stereocenters. The highest BCUT2D eigenvalue weighted by Gasteiger charge is 2.45. The van der Waals surface area contributed by atoms with Crippen molar-refractivity contribution in [2.45, 2.75) is 25.8 Å². The Kier molecular flexibility index (Phi) is 5.42. The highest BCUT2D eigenvalue weighted by atomic mass is 16.3. The predicted molar refractivity (Wildman–Crippen MR) is 103 cm³/mol. The van der Waals surface area contributed by atoms with Gasteiger partial charge in [-0.05, 0) is 17.0 Å². The first kappa shape index (κ1) is 18.9. The summed E-state index contributed by atoms with van der Waals surface area (Å²) in [5, 5.41) is 20.2. The molecule has 1 atom stereocenters. The number of ketones is 1. The number of hydrogen-bond donors (Lipinski definition) is 2. The van der Waals surface area contributed by atoms with Gasteiger partial charge >= 0.3 is 0 Å². The standard InChI is InChI=1S/C22H23NO4/c1-14(2)15-8-10-16(11-9-15)19-18(20(25)17-6-4-3-5-7-17)21(26)22(27)23(19)12-13-24/h3-11,14,19,24-25H,12-13H2,1-2H3/b20-18-. The number of aliphatic hydroxyl groups excluding tert-OH is 2. The minimum Gasteiger partial charge on any atom is -0.507 e. The zero-order valence-electron chi connectivity index (χ0n) is 15.4. The van der Waals surface area contributed by atoms with E-state index in [-0.39, 0.29) is 24.5 Å². The molecular weight excluding hydrogens is 342 g/mol. The van der Waals surface area contributed by atoms with Gasteiger partial charge in [0.1, 0.15) is 5.76 Å². The van der Waals surface area contributed by atoms with Crippen LogP contribution in [0.3, 0.4) is 0 Å². The van der Waals surface area contributed by atoms with Crippen LogP contribution in [-0.2, 0) is 9.59 Å². The number of aliphatic hydroxyl groups is 2. The van der Waals surface area contributed by atoms with Crippen LogP contribution in [0.1, 0.15) is 42.5 Å². The summed E-state index contributed by atoms with van der Waals surface area (Å²) in [7, 11) is 0. The topological polar surface area (TPSA) is 77.8 Å². The highest BCUT2D eigenvalue weighted by molar-refractivity contribution is 6.46. The maximum Gasteiger partial charge on any atom is 0.295 e. The second-order valence-corrected chi connectivity index (χ2v) is 6.90. The second-order valence-electron chi connectivity index (χ2n) is 6.90. The lowest BCUT2D eigenvalue weighted by Gasteiger charge is -2.25. The Morgan fingerprint density at radius 1 is 1.04 bits per heavy atom. The Bertz CT molecular complexity index is 869. The summed E-state index contributed by atoms with van der Waals surface area (Å²) in [5.41, 5.74) is 2.39. The Morgan fingerprint density at radius 3 is 2.22 bits per heavy atom. The lowest BCUT2D eigenvalue weighted by Crippen LogP contribution is -2.32. The fourth-order valence-electron chi connectivity index (χ4n) is 3.38. The number of β-amino-alcohol motifs (C(OH)–C–C–N with tert-alkyl or cyclic N) is 1. The largest absolute Gasteiger partial charge is 0.507 e. The van der Waals surface area contributed by atoms with E-state index in [9.17, 15) is 19.8 Å². The van der Waals surface area contributed by atoms with Crippen molar-refractivity contribution < 1.29 is 19.8 Å². The van der Waals surface area contributed by atoms with E-state index in [1.807, 2.05) is 30.3 Å². The molecule has 0 aliphatic carbocycles. The van der Waals surface area contributed by atoms with Crippen LogP contribution in [0.4, 0.5) is 0 Å². The molecule has 140 valence electrons. The molecule has 0 spiro atoms. The van der Waals surface area contributed by atoms with Crippen molar-refractivity contribution in [2.24, 2.45) is 0 Å². The smallest absolute Gasteiger partial charge is 0.295 e. The summed E-state index contributed by atoms with van der Waals surface area (Å²) in [4.78, 5) is 26.5. The number of carbonyl (C=O) groups excluding carboxylic acids is 2. The van der Waals surface area contributed by atoms with Gasteiger partial charge in [0, 0.05) is 12.1 Å². The molecule has 1 heterocycles. The summed E-state index contributed by atoms with van der Waals surface area (Å²) < 4.78 is 0. The Balaban J connectivity index is 2.14. The SMILES string of the molecule is CC(C)c1ccc(C2/C(=C(/O)c3ccccc3)C(=O)C(=O)N2CCO)cc1. The van der Waals surface area contributed by atoms with Gasteiger partial charge < -0.3 is 15.1 Å². The van der Waals surface area contributed by atoms with Crippen LogP contribution in [0, 0.1) is 0 Å². The minimum atomic E-state index is -0.734. The number of Topliss-reactive ketones (excluding diaryl/α,β-unsaturated/α-hetero) is 1. The van der Waals surface area contributed by atoms with Crippen LogP contribution in [0.2, 0.25) is 0 Å². The van der Waals surface area contributed by atoms with Crippen molar-refractivity contribution in [2.75, 3.05) is 13.2 Å². The molecule has 2 N–H and O–H groups in total. The van der Waals surface area contributed by atoms with Gasteiger partial charge in [-0.25, -0.2) is 0 Å². The first-order valence-corrected chi connectivity index (χ1v) is 9.00. The van der Waals surface area contributed by atoms with E-state index in [0.29, 0.717) is 11.5 Å². The molecule has 1 aliphatic heterocycles. The number of nitrogens with zero attached hydrogens (tertiary/aromatic N) is 1. The number of rotatable bonds is 5. The third-order valence-electron chi connectivity index (χ3n) is 4.85. The summed E-state index contributed by atoms with van der Waals surface area (Å²) in [6.45, 7) is 3.93. The van der Waals surface area contributed by atoms with Crippen molar-refractivity contribution in [3.63, 3.8) is 0 Å². The summed E-state index contributed by atoms with van der Waals surface area (Å²) in [6.07, 6.45) is 0. The lowest BCUT2D eigenvalue weighted by atomic mass is 9.93. The first-order chi connectivity index (χ1) is 13.0. The van der Waals surface area contributed by atoms with Crippen molar-refractivity contribution in [1.82, 2.24) is 4.90 Å². The summed E-state index contributed by atoms with van der Waals surface area (Å²) >= 11 is 0. The van der Waals surface area contributed by atoms with Crippen molar-refractivity contribution in [1.29, 1.82) is 0 Å². The van der Waals surface area contributed by atoms with Crippen LogP contribution < -0.4 is 0 Å². The van der Waals surface area contributed by atoms with Crippen LogP contribution >= 0.6 is 0 Å². The quantitative estimate of drug-likeness (QED) is 0.484. The molecule has 3 rings (SSSR count). The average Bonchev–Trinajstić information content (AvgIpc) is 2.93.